The number of esters is 3. The van der Waals surface area contributed by atoms with Gasteiger partial charge in [0.25, 0.3) is 0 Å². The van der Waals surface area contributed by atoms with Crippen LogP contribution >= 0.6 is 0 Å². The lowest BCUT2D eigenvalue weighted by Gasteiger charge is -2.67. The van der Waals surface area contributed by atoms with Crippen LogP contribution in [-0.4, -0.2) is 58.3 Å². The van der Waals surface area contributed by atoms with Gasteiger partial charge in [-0.25, -0.2) is 4.79 Å². The molecule has 2 aliphatic carbocycles. The van der Waals surface area contributed by atoms with E-state index in [-0.39, 0.29) is 6.42 Å². The van der Waals surface area contributed by atoms with Crippen molar-refractivity contribution < 1.29 is 47.6 Å². The van der Waals surface area contributed by atoms with Gasteiger partial charge in [0.1, 0.15) is 29.5 Å². The van der Waals surface area contributed by atoms with E-state index in [0.717, 1.165) is 0 Å². The highest BCUT2D eigenvalue weighted by Gasteiger charge is 2.89. The molecule has 1 spiro atoms. The number of cyclic esters (lactones) is 2. The number of carbonyl (C=O) groups excluding carboxylic acids is 4. The maximum absolute atomic E-state index is 14.3. The van der Waals surface area contributed by atoms with Crippen molar-refractivity contribution in [2.45, 2.75) is 96.4 Å². The summed E-state index contributed by atoms with van der Waals surface area (Å²) in [5.74, 6) is -3.67. The normalized spacial score (nSPS) is 48.8. The Kier molecular flexibility index (Phi) is 5.02. The van der Waals surface area contributed by atoms with E-state index in [1.54, 1.807) is 26.8 Å². The van der Waals surface area contributed by atoms with Crippen molar-refractivity contribution in [1.82, 2.24) is 0 Å². The predicted octanol–water partition coefficient (Wildman–Crippen LogP) is 2.66. The molecule has 10 atom stereocenters. The molecule has 1 N–H and O–H groups in total. The molecule has 0 aromatic carbocycles. The van der Waals surface area contributed by atoms with Crippen LogP contribution in [0, 0.1) is 28.1 Å². The molecule has 10 unspecified atom stereocenters. The van der Waals surface area contributed by atoms with E-state index in [1.807, 2.05) is 13.8 Å². The number of aliphatic hydroxyl groups is 1. The zero-order valence-corrected chi connectivity index (χ0v) is 22.4. The van der Waals surface area contributed by atoms with Gasteiger partial charge in [-0.15, -0.1) is 0 Å². The van der Waals surface area contributed by atoms with Gasteiger partial charge in [0, 0.05) is 28.7 Å². The van der Waals surface area contributed by atoms with Crippen molar-refractivity contribution in [3.05, 3.63) is 24.2 Å². The summed E-state index contributed by atoms with van der Waals surface area (Å²) < 4.78 is 29.0. The zero-order chi connectivity index (χ0) is 27.6. The Balaban J connectivity index is 1.57. The largest absolute Gasteiger partial charge is 0.472 e. The number of furan rings is 1. The lowest BCUT2D eigenvalue weighted by atomic mass is 9.36. The van der Waals surface area contributed by atoms with E-state index >= 15 is 0 Å². The van der Waals surface area contributed by atoms with Crippen molar-refractivity contribution in [1.29, 1.82) is 0 Å². The fraction of sp³-hybridized carbons (Fsp3) is 0.714. The second-order valence-corrected chi connectivity index (χ2v) is 12.9. The van der Waals surface area contributed by atoms with Gasteiger partial charge >= 0.3 is 17.9 Å². The number of hydrogen-bond donors (Lipinski definition) is 1. The topological polar surface area (TPSA) is 142 Å². The minimum Gasteiger partial charge on any atom is -0.472 e. The molecule has 206 valence electrons. The summed E-state index contributed by atoms with van der Waals surface area (Å²) >= 11 is 0. The summed E-state index contributed by atoms with van der Waals surface area (Å²) in [6, 6.07) is 1.74. The molecule has 0 radical (unpaired) electrons. The van der Waals surface area contributed by atoms with Gasteiger partial charge in [0.15, 0.2) is 11.9 Å². The summed E-state index contributed by atoms with van der Waals surface area (Å²) in [5, 5.41) is 11.9. The third-order valence-corrected chi connectivity index (χ3v) is 10.7. The molecule has 5 aliphatic rings. The summed E-state index contributed by atoms with van der Waals surface area (Å²) in [6.45, 7) is 10.2. The van der Waals surface area contributed by atoms with Gasteiger partial charge in [-0.2, -0.15) is 0 Å². The summed E-state index contributed by atoms with van der Waals surface area (Å²) in [5.41, 5.74) is -5.00. The molecule has 2 saturated carbocycles. The maximum atomic E-state index is 14.3. The van der Waals surface area contributed by atoms with Crippen LogP contribution in [0.2, 0.25) is 0 Å². The van der Waals surface area contributed by atoms with Gasteiger partial charge in [0.2, 0.25) is 0 Å². The van der Waals surface area contributed by atoms with Crippen LogP contribution in [-0.2, 0) is 38.1 Å². The Morgan fingerprint density at radius 2 is 1.82 bits per heavy atom. The minimum absolute atomic E-state index is 0.222. The van der Waals surface area contributed by atoms with E-state index in [0.29, 0.717) is 18.4 Å². The smallest absolute Gasteiger partial charge is 0.339 e. The Hall–Kier alpha value is -2.72. The molecular formula is C28H34O10. The van der Waals surface area contributed by atoms with Crippen LogP contribution in [0.15, 0.2) is 23.0 Å². The van der Waals surface area contributed by atoms with Crippen LogP contribution < -0.4 is 0 Å². The average molecular weight is 531 g/mol. The first-order valence-corrected chi connectivity index (χ1v) is 13.2. The molecule has 0 amide bonds. The van der Waals surface area contributed by atoms with Crippen molar-refractivity contribution in [2.24, 2.45) is 28.1 Å². The molecule has 1 aromatic rings. The third-order valence-electron chi connectivity index (χ3n) is 10.7. The fourth-order valence-electron chi connectivity index (χ4n) is 9.46. The molecular weight excluding hydrogens is 496 g/mol. The molecule has 5 fully saturated rings. The second kappa shape index (κ2) is 7.47. The van der Waals surface area contributed by atoms with E-state index in [4.69, 9.17) is 23.4 Å². The Morgan fingerprint density at radius 3 is 2.45 bits per heavy atom. The average Bonchev–Trinajstić information content (AvgIpc) is 3.40. The quantitative estimate of drug-likeness (QED) is 0.344. The van der Waals surface area contributed by atoms with Crippen LogP contribution in [0.1, 0.15) is 72.5 Å². The highest BCUT2D eigenvalue weighted by molar-refractivity contribution is 5.92. The number of Topliss-reactive ketones (excluding diaryl/α,β-unsaturated/α-hetero) is 1. The summed E-state index contributed by atoms with van der Waals surface area (Å²) in [4.78, 5) is 52.7. The second-order valence-electron chi connectivity index (χ2n) is 12.9. The molecule has 3 saturated heterocycles. The van der Waals surface area contributed by atoms with Crippen molar-refractivity contribution in [2.75, 3.05) is 0 Å². The summed E-state index contributed by atoms with van der Waals surface area (Å²) in [6.07, 6.45) is -0.340. The Morgan fingerprint density at radius 1 is 1.11 bits per heavy atom. The first kappa shape index (κ1) is 25.6. The highest BCUT2D eigenvalue weighted by Crippen LogP contribution is 2.79. The lowest BCUT2D eigenvalue weighted by Crippen LogP contribution is -2.76. The predicted molar refractivity (Wildman–Crippen MR) is 127 cm³/mol. The van der Waals surface area contributed by atoms with Gasteiger partial charge < -0.3 is 28.5 Å². The summed E-state index contributed by atoms with van der Waals surface area (Å²) in [7, 11) is 0. The zero-order valence-electron chi connectivity index (χ0n) is 22.4. The number of ketones is 1. The number of epoxide rings is 1. The molecule has 3 aliphatic heterocycles. The molecule has 1 aromatic heterocycles. The Bertz CT molecular complexity index is 1240. The fourth-order valence-corrected chi connectivity index (χ4v) is 9.46. The molecule has 10 heteroatoms. The van der Waals surface area contributed by atoms with Crippen LogP contribution in [0.4, 0.5) is 0 Å². The number of aliphatic hydroxyl groups excluding tert-OH is 1. The molecule has 10 nitrogen and oxygen atoms in total. The Labute approximate surface area is 220 Å². The van der Waals surface area contributed by atoms with Crippen molar-refractivity contribution in [3.8, 4) is 0 Å². The number of rotatable bonds is 2. The first-order valence-electron chi connectivity index (χ1n) is 13.2. The van der Waals surface area contributed by atoms with E-state index in [9.17, 15) is 24.3 Å². The number of ether oxygens (including phenoxy) is 4. The van der Waals surface area contributed by atoms with Crippen LogP contribution in [0.3, 0.4) is 0 Å². The lowest BCUT2D eigenvalue weighted by molar-refractivity contribution is -0.260. The van der Waals surface area contributed by atoms with Gasteiger partial charge in [-0.05, 0) is 38.7 Å². The number of hydrogen-bond acceptors (Lipinski definition) is 10. The number of carbonyl (C=O) groups is 4. The highest BCUT2D eigenvalue weighted by atomic mass is 16.7. The van der Waals surface area contributed by atoms with E-state index in [2.05, 4.69) is 0 Å². The first-order chi connectivity index (χ1) is 17.7. The van der Waals surface area contributed by atoms with Crippen LogP contribution in [0.25, 0.3) is 0 Å². The molecule has 0 bridgehead atoms. The van der Waals surface area contributed by atoms with E-state index < -0.39 is 87.4 Å². The van der Waals surface area contributed by atoms with E-state index in [1.165, 1.54) is 19.5 Å². The van der Waals surface area contributed by atoms with Crippen molar-refractivity contribution >= 4 is 23.7 Å². The molecule has 4 heterocycles. The van der Waals surface area contributed by atoms with Gasteiger partial charge in [-0.3, -0.25) is 14.4 Å². The SMILES string of the molecule is CC(=O)OC1CC(=O)OC(C)(C)C2C(=O)C(O)C3(C)C(CCC4(C)C(c5ccoc5)OC(=O)C5OC543)C12C. The monoisotopic (exact) mass is 530 g/mol. The van der Waals surface area contributed by atoms with Crippen molar-refractivity contribution in [3.63, 3.8) is 0 Å². The maximum Gasteiger partial charge on any atom is 0.339 e. The standard InChI is InChI=1S/C28H34O10/c1-13(29)35-16-11-17(30)37-24(2,3)19-18(31)20(32)27(6)15(26(16,19)5)7-9-25(4)21(14-8-10-34-12-14)36-23(33)22-28(25,27)38-22/h8,10,12,15-16,19-22,32H,7,9,11H2,1-6H3. The van der Waals surface area contributed by atoms with Gasteiger partial charge in [0.05, 0.1) is 24.9 Å². The molecule has 38 heavy (non-hydrogen) atoms. The van der Waals surface area contributed by atoms with Gasteiger partial charge in [-0.1, -0.05) is 20.8 Å². The molecule has 6 rings (SSSR count). The third kappa shape index (κ3) is 2.75. The number of fused-ring (bicyclic) bond motifs is 3. The minimum atomic E-state index is -1.53. The van der Waals surface area contributed by atoms with Crippen LogP contribution in [0.5, 0.6) is 0 Å².